The first-order valence-corrected chi connectivity index (χ1v) is 21.0. The first-order valence-electron chi connectivity index (χ1n) is 18.1. The van der Waals surface area contributed by atoms with Gasteiger partial charge in [0.1, 0.15) is 15.7 Å². The smallest absolute Gasteiger partial charge is 0.355 e. The molecule has 53 heavy (non-hydrogen) atoms. The number of ether oxygens (including phenoxy) is 1. The Balaban J connectivity index is 1.12. The van der Waals surface area contributed by atoms with Gasteiger partial charge in [-0.1, -0.05) is 67.7 Å². The number of amides is 1. The molecule has 0 spiro atoms. The number of hydrogen-bond acceptors (Lipinski definition) is 10. The molecule has 1 fully saturated rings. The highest BCUT2D eigenvalue weighted by Crippen LogP contribution is 2.35. The molecule has 12 nitrogen and oxygen atoms in total. The van der Waals surface area contributed by atoms with E-state index in [9.17, 15) is 23.1 Å². The minimum Gasteiger partial charge on any atom is -0.476 e. The number of carbonyl (C=O) groups is 2. The van der Waals surface area contributed by atoms with Gasteiger partial charge in [-0.05, 0) is 67.6 Å². The van der Waals surface area contributed by atoms with Crippen molar-refractivity contribution in [2.75, 3.05) is 35.4 Å². The molecule has 1 amide bonds. The molecule has 0 unspecified atom stereocenters. The molecule has 2 N–H and O–H groups in total. The van der Waals surface area contributed by atoms with Crippen molar-refractivity contribution in [2.45, 2.75) is 77.0 Å². The van der Waals surface area contributed by atoms with Crippen LogP contribution >= 0.6 is 11.3 Å². The lowest BCUT2D eigenvalue weighted by Gasteiger charge is -2.36. The molecule has 0 radical (unpaired) electrons. The van der Waals surface area contributed by atoms with Gasteiger partial charge >= 0.3 is 5.97 Å². The topological polar surface area (TPSA) is 157 Å². The molecule has 278 valence electrons. The fourth-order valence-corrected chi connectivity index (χ4v) is 8.78. The number of carbonyl (C=O) groups excluding carboxylic acids is 1. The van der Waals surface area contributed by atoms with Crippen LogP contribution in [0.5, 0.6) is 0 Å². The molecule has 0 atom stereocenters. The van der Waals surface area contributed by atoms with Gasteiger partial charge in [-0.2, -0.15) is 5.10 Å². The van der Waals surface area contributed by atoms with E-state index in [0.717, 1.165) is 65.6 Å². The van der Waals surface area contributed by atoms with Crippen LogP contribution in [0.25, 0.3) is 21.3 Å². The minimum absolute atomic E-state index is 0.0423. The Bertz CT molecular complexity index is 2220. The van der Waals surface area contributed by atoms with Crippen LogP contribution in [0.4, 0.5) is 10.9 Å². The summed E-state index contributed by atoms with van der Waals surface area (Å²) >= 11 is 1.42. The van der Waals surface area contributed by atoms with Gasteiger partial charge in [-0.25, -0.2) is 23.2 Å². The minimum atomic E-state index is -3.18. The summed E-state index contributed by atoms with van der Waals surface area (Å²) in [6.07, 6.45) is 10.5. The number of sulfone groups is 1. The quantitative estimate of drug-likeness (QED) is 0.145. The zero-order chi connectivity index (χ0) is 37.2. The number of aromatic carboxylic acids is 1. The van der Waals surface area contributed by atoms with E-state index in [1.165, 1.54) is 24.0 Å². The first kappa shape index (κ1) is 36.7. The fraction of sp³-hybridized carbons (Fsp3) is 0.410. The zero-order valence-corrected chi connectivity index (χ0v) is 31.6. The molecule has 1 saturated carbocycles. The lowest BCUT2D eigenvalue weighted by Crippen LogP contribution is -2.40. The molecule has 2 aliphatic rings. The second-order valence-electron chi connectivity index (χ2n) is 14.2. The maximum absolute atomic E-state index is 13.6. The SMILES string of the molecule is Cc1c(-c2ccc(N3CCc4cccc(C(=O)Nc5nc6ccccc6s5)c4C3)nc2C(=O)O)cnn1CC1(OCCS(C)(=O)=O)CCCCCCC1. The number of rotatable bonds is 11. The van der Waals surface area contributed by atoms with Gasteiger partial charge in [0, 0.05) is 41.7 Å². The van der Waals surface area contributed by atoms with Crippen LogP contribution in [0, 0.1) is 6.92 Å². The molecular formula is C39H44N6O6S2. The van der Waals surface area contributed by atoms with Gasteiger partial charge in [-0.15, -0.1) is 0 Å². The number of thiazole rings is 1. The van der Waals surface area contributed by atoms with Crippen LogP contribution in [-0.4, -0.2) is 75.9 Å². The Morgan fingerprint density at radius 2 is 1.75 bits per heavy atom. The number of hydrogen-bond donors (Lipinski definition) is 2. The second-order valence-corrected chi connectivity index (χ2v) is 17.4. The number of nitrogens with zero attached hydrogens (tertiary/aromatic N) is 5. The third-order valence-electron chi connectivity index (χ3n) is 10.4. The summed E-state index contributed by atoms with van der Waals surface area (Å²) in [6, 6.07) is 17.1. The molecule has 0 saturated heterocycles. The number of para-hydroxylation sites is 1. The summed E-state index contributed by atoms with van der Waals surface area (Å²) in [6.45, 7) is 3.48. The highest BCUT2D eigenvalue weighted by molar-refractivity contribution is 7.90. The van der Waals surface area contributed by atoms with Crippen molar-refractivity contribution in [3.05, 3.63) is 88.9 Å². The lowest BCUT2D eigenvalue weighted by atomic mass is 9.86. The average molecular weight is 757 g/mol. The van der Waals surface area contributed by atoms with Gasteiger partial charge in [-0.3, -0.25) is 14.8 Å². The Kier molecular flexibility index (Phi) is 10.6. The molecule has 5 aromatic rings. The van der Waals surface area contributed by atoms with Crippen LogP contribution in [-0.2, 0) is 34.1 Å². The van der Waals surface area contributed by atoms with E-state index in [1.54, 1.807) is 12.3 Å². The molecule has 2 aromatic carbocycles. The van der Waals surface area contributed by atoms with E-state index in [0.29, 0.717) is 53.7 Å². The van der Waals surface area contributed by atoms with Gasteiger partial charge in [0.05, 0.1) is 40.9 Å². The Morgan fingerprint density at radius 3 is 2.51 bits per heavy atom. The maximum Gasteiger partial charge on any atom is 0.355 e. The number of pyridine rings is 1. The number of fused-ring (bicyclic) bond motifs is 2. The predicted molar refractivity (Wildman–Crippen MR) is 207 cm³/mol. The summed E-state index contributed by atoms with van der Waals surface area (Å²) in [5.74, 6) is -0.926. The van der Waals surface area contributed by atoms with Crippen LogP contribution < -0.4 is 10.2 Å². The lowest BCUT2D eigenvalue weighted by molar-refractivity contribution is -0.0703. The summed E-state index contributed by atoms with van der Waals surface area (Å²) in [5, 5.41) is 18.6. The Labute approximate surface area is 313 Å². The Morgan fingerprint density at radius 1 is 0.981 bits per heavy atom. The number of benzene rings is 2. The number of carboxylic acid groups (broad SMARTS) is 1. The van der Waals surface area contributed by atoms with Gasteiger partial charge < -0.3 is 14.7 Å². The van der Waals surface area contributed by atoms with E-state index in [4.69, 9.17) is 9.84 Å². The van der Waals surface area contributed by atoms with Crippen molar-refractivity contribution in [1.82, 2.24) is 19.7 Å². The van der Waals surface area contributed by atoms with Crippen molar-refractivity contribution in [1.29, 1.82) is 0 Å². The van der Waals surface area contributed by atoms with Crippen LogP contribution in [0.3, 0.4) is 0 Å². The van der Waals surface area contributed by atoms with Crippen molar-refractivity contribution in [3.8, 4) is 11.1 Å². The molecule has 3 aromatic heterocycles. The molecule has 14 heteroatoms. The van der Waals surface area contributed by atoms with E-state index < -0.39 is 21.4 Å². The van der Waals surface area contributed by atoms with Gasteiger partial charge in [0.2, 0.25) is 0 Å². The van der Waals surface area contributed by atoms with Crippen molar-refractivity contribution in [3.63, 3.8) is 0 Å². The summed E-state index contributed by atoms with van der Waals surface area (Å²) in [4.78, 5) is 37.5. The van der Waals surface area contributed by atoms with E-state index in [1.807, 2.05) is 65.0 Å². The fourth-order valence-electron chi connectivity index (χ4n) is 7.54. The average Bonchev–Trinajstić information content (AvgIpc) is 3.70. The van der Waals surface area contributed by atoms with Crippen molar-refractivity contribution >= 4 is 54.2 Å². The van der Waals surface area contributed by atoms with Gasteiger partial charge in [0.15, 0.2) is 10.8 Å². The van der Waals surface area contributed by atoms with Crippen LogP contribution in [0.2, 0.25) is 0 Å². The second kappa shape index (κ2) is 15.4. The van der Waals surface area contributed by atoms with Gasteiger partial charge in [0.25, 0.3) is 5.91 Å². The third-order valence-corrected chi connectivity index (χ3v) is 12.3. The molecule has 4 heterocycles. The number of anilines is 2. The zero-order valence-electron chi connectivity index (χ0n) is 30.0. The highest BCUT2D eigenvalue weighted by Gasteiger charge is 2.34. The third kappa shape index (κ3) is 8.29. The number of aromatic nitrogens is 4. The monoisotopic (exact) mass is 756 g/mol. The standard InChI is InChI=1S/C39H44N6O6S2/c1-26-30(23-40-45(26)25-39(51-21-22-53(2,49)50)18-8-4-3-5-9-19-39)28-15-16-34(42-35(28)37(47)48)44-20-17-27-11-10-12-29(31(27)24-44)36(46)43-38-41-32-13-6-7-14-33(32)52-38/h6-7,10-16,23H,3-5,8-9,17-22,24-25H2,1-2H3,(H,47,48)(H,41,43,46). The van der Waals surface area contributed by atoms with E-state index in [2.05, 4.69) is 15.3 Å². The van der Waals surface area contributed by atoms with Crippen LogP contribution in [0.1, 0.15) is 82.6 Å². The summed E-state index contributed by atoms with van der Waals surface area (Å²) in [7, 11) is -3.18. The molecular weight excluding hydrogens is 713 g/mol. The molecule has 1 aliphatic heterocycles. The highest BCUT2D eigenvalue weighted by atomic mass is 32.2. The summed E-state index contributed by atoms with van der Waals surface area (Å²) in [5.41, 5.74) is 4.58. The maximum atomic E-state index is 13.6. The van der Waals surface area contributed by atoms with Crippen LogP contribution in [0.15, 0.2) is 60.8 Å². The Hall–Kier alpha value is -4.66. The van der Waals surface area contributed by atoms with E-state index >= 15 is 0 Å². The largest absolute Gasteiger partial charge is 0.476 e. The summed E-state index contributed by atoms with van der Waals surface area (Å²) < 4.78 is 33.1. The van der Waals surface area contributed by atoms with Crippen molar-refractivity contribution < 1.29 is 27.9 Å². The molecule has 7 rings (SSSR count). The molecule has 1 aliphatic carbocycles. The first-order chi connectivity index (χ1) is 25.5. The predicted octanol–water partition coefficient (Wildman–Crippen LogP) is 6.92. The van der Waals surface area contributed by atoms with Crippen molar-refractivity contribution in [2.24, 2.45) is 0 Å². The normalized spacial score (nSPS) is 16.2. The number of carboxylic acids is 1. The number of nitrogens with one attached hydrogen (secondary N) is 1. The van der Waals surface area contributed by atoms with E-state index in [-0.39, 0.29) is 24.0 Å². The molecule has 0 bridgehead atoms.